The molecule has 0 saturated carbocycles. The Bertz CT molecular complexity index is 957. The van der Waals surface area contributed by atoms with E-state index in [0.29, 0.717) is 30.4 Å². The Morgan fingerprint density at radius 2 is 2.14 bits per heavy atom. The Labute approximate surface area is 167 Å². The van der Waals surface area contributed by atoms with Crippen molar-refractivity contribution in [2.45, 2.75) is 24.8 Å². The lowest BCUT2D eigenvalue weighted by Crippen LogP contribution is -2.43. The Hall–Kier alpha value is -2.57. The molecule has 0 radical (unpaired) electrons. The third-order valence-electron chi connectivity index (χ3n) is 5.82. The number of carbonyl (C=O) groups excluding carboxylic acids is 2. The van der Waals surface area contributed by atoms with Gasteiger partial charge in [-0.1, -0.05) is 42.0 Å². The molecule has 2 saturated heterocycles. The number of benzene rings is 1. The molecule has 6 nitrogen and oxygen atoms in total. The van der Waals surface area contributed by atoms with Gasteiger partial charge in [-0.15, -0.1) is 0 Å². The van der Waals surface area contributed by atoms with E-state index in [-0.39, 0.29) is 17.9 Å². The molecular formula is C21H19ClN2O4. The topological polar surface area (TPSA) is 71.8 Å². The van der Waals surface area contributed by atoms with E-state index >= 15 is 0 Å². The van der Waals surface area contributed by atoms with E-state index in [4.69, 9.17) is 20.8 Å². The van der Waals surface area contributed by atoms with Crippen LogP contribution in [-0.2, 0) is 27.4 Å². The fraction of sp³-hybridized carbons (Fsp3) is 0.333. The van der Waals surface area contributed by atoms with Crippen LogP contribution in [0.25, 0.3) is 0 Å². The number of nitrogens with zero attached hydrogens (tertiary/aromatic N) is 1. The molecule has 1 spiro atoms. The van der Waals surface area contributed by atoms with Crippen molar-refractivity contribution in [3.05, 3.63) is 71.2 Å². The van der Waals surface area contributed by atoms with E-state index in [1.807, 2.05) is 36.4 Å². The van der Waals surface area contributed by atoms with Crippen molar-refractivity contribution in [2.24, 2.45) is 11.8 Å². The maximum Gasteiger partial charge on any atom is 0.230 e. The van der Waals surface area contributed by atoms with Gasteiger partial charge in [-0.25, -0.2) is 0 Å². The minimum absolute atomic E-state index is 0.0684. The van der Waals surface area contributed by atoms with Crippen LogP contribution in [-0.4, -0.2) is 35.0 Å². The molecule has 1 aromatic carbocycles. The molecule has 1 aromatic heterocycles. The lowest BCUT2D eigenvalue weighted by Gasteiger charge is -2.23. The molecule has 2 aromatic rings. The second-order valence-corrected chi connectivity index (χ2v) is 7.89. The third-order valence-corrected chi connectivity index (χ3v) is 6.19. The second kappa shape index (κ2) is 6.50. The lowest BCUT2D eigenvalue weighted by molar-refractivity contribution is -0.138. The van der Waals surface area contributed by atoms with Crippen LogP contribution in [0.5, 0.6) is 0 Å². The Morgan fingerprint density at radius 1 is 1.29 bits per heavy atom. The molecule has 3 aliphatic rings. The van der Waals surface area contributed by atoms with Gasteiger partial charge in [-0.3, -0.25) is 9.59 Å². The monoisotopic (exact) mass is 398 g/mol. The molecule has 1 N–H and O–H groups in total. The molecule has 0 aliphatic carbocycles. The molecule has 28 heavy (non-hydrogen) atoms. The number of hydrogen-bond acceptors (Lipinski definition) is 4. The van der Waals surface area contributed by atoms with Crippen molar-refractivity contribution in [3.63, 3.8) is 0 Å². The normalized spacial score (nSPS) is 30.1. The summed E-state index contributed by atoms with van der Waals surface area (Å²) < 4.78 is 11.5. The second-order valence-electron chi connectivity index (χ2n) is 7.48. The van der Waals surface area contributed by atoms with Crippen LogP contribution in [0.2, 0.25) is 5.02 Å². The van der Waals surface area contributed by atoms with Crippen LogP contribution in [0, 0.1) is 11.8 Å². The van der Waals surface area contributed by atoms with Crippen LogP contribution in [0.3, 0.4) is 0 Å². The molecule has 4 heterocycles. The van der Waals surface area contributed by atoms with Gasteiger partial charge in [-0.05, 0) is 23.8 Å². The summed E-state index contributed by atoms with van der Waals surface area (Å²) in [6.45, 7) is 1.12. The summed E-state index contributed by atoms with van der Waals surface area (Å²) in [6.07, 6.45) is 5.06. The van der Waals surface area contributed by atoms with E-state index in [2.05, 4.69) is 5.32 Å². The largest absolute Gasteiger partial charge is 0.467 e. The summed E-state index contributed by atoms with van der Waals surface area (Å²) >= 11 is 6.17. The first-order valence-corrected chi connectivity index (χ1v) is 9.65. The summed E-state index contributed by atoms with van der Waals surface area (Å²) in [5, 5.41) is 3.53. The van der Waals surface area contributed by atoms with Gasteiger partial charge in [0.1, 0.15) is 11.4 Å². The summed E-state index contributed by atoms with van der Waals surface area (Å²) in [7, 11) is 0. The van der Waals surface area contributed by atoms with Crippen molar-refractivity contribution < 1.29 is 18.7 Å². The van der Waals surface area contributed by atoms with Crippen molar-refractivity contribution in [2.75, 3.05) is 6.54 Å². The number of halogens is 1. The number of furan rings is 1. The fourth-order valence-corrected chi connectivity index (χ4v) is 4.75. The number of carbonyl (C=O) groups is 2. The molecule has 3 aliphatic heterocycles. The van der Waals surface area contributed by atoms with Gasteiger partial charge in [0.05, 0.1) is 37.3 Å². The summed E-state index contributed by atoms with van der Waals surface area (Å²) in [6, 6.07) is 11.0. The zero-order valence-electron chi connectivity index (χ0n) is 15.0. The van der Waals surface area contributed by atoms with E-state index in [1.54, 1.807) is 23.3 Å². The predicted octanol–water partition coefficient (Wildman–Crippen LogP) is 2.53. The maximum absolute atomic E-state index is 13.1. The van der Waals surface area contributed by atoms with Crippen molar-refractivity contribution in [3.8, 4) is 0 Å². The molecule has 144 valence electrons. The molecule has 2 amide bonds. The Morgan fingerprint density at radius 3 is 2.93 bits per heavy atom. The highest BCUT2D eigenvalue weighted by atomic mass is 35.5. The number of rotatable bonds is 5. The predicted molar refractivity (Wildman–Crippen MR) is 101 cm³/mol. The quantitative estimate of drug-likeness (QED) is 0.785. The molecule has 2 bridgehead atoms. The number of amides is 2. The molecule has 2 fully saturated rings. The number of hydrogen-bond donors (Lipinski definition) is 1. The molecule has 0 unspecified atom stereocenters. The Balaban J connectivity index is 1.33. The molecule has 7 heteroatoms. The van der Waals surface area contributed by atoms with Gasteiger partial charge in [0.15, 0.2) is 0 Å². The SMILES string of the molecule is O=C(NCc1ccccc1Cl)[C@@H]1[C@H]2C=C[C@@]3(CN(Cc4ccco4)C(=O)[C@@H]13)O2. The van der Waals surface area contributed by atoms with Crippen molar-refractivity contribution >= 4 is 23.4 Å². The standard InChI is InChI=1S/C21H19ClN2O4/c22-15-6-2-1-4-13(15)10-23-19(25)17-16-7-8-21(28-16)12-24(20(26)18(17)21)11-14-5-3-9-27-14/h1-9,16-18H,10-12H2,(H,23,25)/t16-,17-,18-,21+/m1/s1. The van der Waals surface area contributed by atoms with E-state index < -0.39 is 17.4 Å². The smallest absolute Gasteiger partial charge is 0.230 e. The highest BCUT2D eigenvalue weighted by Gasteiger charge is 2.66. The van der Waals surface area contributed by atoms with Gasteiger partial charge in [0.25, 0.3) is 0 Å². The first-order valence-electron chi connectivity index (χ1n) is 9.27. The first-order chi connectivity index (χ1) is 13.6. The van der Waals surface area contributed by atoms with Crippen molar-refractivity contribution in [1.29, 1.82) is 0 Å². The number of nitrogens with one attached hydrogen (secondary N) is 1. The summed E-state index contributed by atoms with van der Waals surface area (Å²) in [5.41, 5.74) is 0.116. The van der Waals surface area contributed by atoms with E-state index in [1.165, 1.54) is 0 Å². The Kier molecular flexibility index (Phi) is 4.07. The zero-order chi connectivity index (χ0) is 19.3. The van der Waals surface area contributed by atoms with Gasteiger partial charge in [0, 0.05) is 11.6 Å². The fourth-order valence-electron chi connectivity index (χ4n) is 4.54. The summed E-state index contributed by atoms with van der Waals surface area (Å²) in [4.78, 5) is 27.8. The van der Waals surface area contributed by atoms with Gasteiger partial charge in [-0.2, -0.15) is 0 Å². The third kappa shape index (κ3) is 2.67. The van der Waals surface area contributed by atoms with E-state index in [9.17, 15) is 9.59 Å². The van der Waals surface area contributed by atoms with E-state index in [0.717, 1.165) is 5.56 Å². The number of likely N-dealkylation sites (tertiary alicyclic amines) is 1. The van der Waals surface area contributed by atoms with Gasteiger partial charge < -0.3 is 19.4 Å². The van der Waals surface area contributed by atoms with Gasteiger partial charge >= 0.3 is 0 Å². The first kappa shape index (κ1) is 17.5. The highest BCUT2D eigenvalue weighted by molar-refractivity contribution is 6.31. The average molecular weight is 399 g/mol. The minimum atomic E-state index is -0.721. The van der Waals surface area contributed by atoms with Crippen LogP contribution in [0.4, 0.5) is 0 Å². The van der Waals surface area contributed by atoms with Crippen LogP contribution < -0.4 is 5.32 Å². The van der Waals surface area contributed by atoms with Crippen LogP contribution >= 0.6 is 11.6 Å². The number of ether oxygens (including phenoxy) is 1. The van der Waals surface area contributed by atoms with Crippen LogP contribution in [0.1, 0.15) is 11.3 Å². The maximum atomic E-state index is 13.1. The number of fused-ring (bicyclic) bond motifs is 1. The average Bonchev–Trinajstić information content (AvgIpc) is 3.44. The summed E-state index contributed by atoms with van der Waals surface area (Å²) in [5.74, 6) is -0.594. The zero-order valence-corrected chi connectivity index (χ0v) is 15.8. The molecule has 4 atom stereocenters. The highest BCUT2D eigenvalue weighted by Crippen LogP contribution is 2.52. The molecular weight excluding hydrogens is 380 g/mol. The minimum Gasteiger partial charge on any atom is -0.467 e. The van der Waals surface area contributed by atoms with Crippen LogP contribution in [0.15, 0.2) is 59.2 Å². The lowest BCUT2D eigenvalue weighted by atomic mass is 9.77. The van der Waals surface area contributed by atoms with Crippen molar-refractivity contribution in [1.82, 2.24) is 10.2 Å². The van der Waals surface area contributed by atoms with Gasteiger partial charge in [0.2, 0.25) is 11.8 Å². The molecule has 5 rings (SSSR count).